The van der Waals surface area contributed by atoms with Crippen LogP contribution in [-0.2, 0) is 11.3 Å². The topological polar surface area (TPSA) is 56.1 Å². The van der Waals surface area contributed by atoms with Crippen LogP contribution >= 0.6 is 0 Å². The Morgan fingerprint density at radius 1 is 1.19 bits per heavy atom. The molecule has 0 spiro atoms. The van der Waals surface area contributed by atoms with E-state index in [1.807, 2.05) is 24.3 Å². The van der Waals surface area contributed by atoms with Crippen molar-refractivity contribution in [2.75, 3.05) is 13.1 Å². The lowest BCUT2D eigenvalue weighted by atomic mass is 10.0. The van der Waals surface area contributed by atoms with Crippen LogP contribution in [0, 0.1) is 17.2 Å². The summed E-state index contributed by atoms with van der Waals surface area (Å²) in [4.78, 5) is 14.2. The third kappa shape index (κ3) is 3.83. The van der Waals surface area contributed by atoms with Crippen molar-refractivity contribution in [3.8, 4) is 6.07 Å². The van der Waals surface area contributed by atoms with E-state index in [4.69, 9.17) is 5.26 Å². The first-order chi connectivity index (χ1) is 10.2. The zero-order chi connectivity index (χ0) is 14.7. The minimum absolute atomic E-state index is 0.264. The third-order valence-corrected chi connectivity index (χ3v) is 4.37. The molecule has 2 aliphatic rings. The Morgan fingerprint density at radius 2 is 1.86 bits per heavy atom. The monoisotopic (exact) mass is 283 g/mol. The van der Waals surface area contributed by atoms with E-state index in [-0.39, 0.29) is 5.91 Å². The van der Waals surface area contributed by atoms with Crippen LogP contribution in [0.5, 0.6) is 0 Å². The predicted octanol–water partition coefficient (Wildman–Crippen LogP) is 2.05. The number of likely N-dealkylation sites (tertiary alicyclic amines) is 1. The Morgan fingerprint density at radius 3 is 2.43 bits per heavy atom. The van der Waals surface area contributed by atoms with Gasteiger partial charge in [-0.2, -0.15) is 5.26 Å². The molecule has 1 saturated heterocycles. The number of nitrogens with zero attached hydrogens (tertiary/aromatic N) is 2. The van der Waals surface area contributed by atoms with Gasteiger partial charge in [0, 0.05) is 31.6 Å². The van der Waals surface area contributed by atoms with E-state index in [0.717, 1.165) is 45.3 Å². The number of carbonyl (C=O) groups is 1. The molecule has 0 bridgehead atoms. The summed E-state index contributed by atoms with van der Waals surface area (Å²) in [6, 6.07) is 10.3. The average Bonchev–Trinajstić information content (AvgIpc) is 3.35. The molecule has 1 aliphatic carbocycles. The van der Waals surface area contributed by atoms with Crippen LogP contribution < -0.4 is 5.32 Å². The number of rotatable bonds is 4. The molecule has 110 valence electrons. The summed E-state index contributed by atoms with van der Waals surface area (Å²) >= 11 is 0. The first-order valence-corrected chi connectivity index (χ1v) is 7.76. The Bertz CT molecular complexity index is 534. The molecule has 1 heterocycles. The van der Waals surface area contributed by atoms with E-state index in [0.29, 0.717) is 17.5 Å². The van der Waals surface area contributed by atoms with Gasteiger partial charge < -0.3 is 5.32 Å². The zero-order valence-electron chi connectivity index (χ0n) is 12.2. The molecular weight excluding hydrogens is 262 g/mol. The van der Waals surface area contributed by atoms with Crippen molar-refractivity contribution in [3.63, 3.8) is 0 Å². The normalized spacial score (nSPS) is 20.0. The summed E-state index contributed by atoms with van der Waals surface area (Å²) in [6.45, 7) is 2.97. The van der Waals surface area contributed by atoms with E-state index >= 15 is 0 Å². The molecule has 1 N–H and O–H groups in total. The van der Waals surface area contributed by atoms with Crippen molar-refractivity contribution in [2.45, 2.75) is 38.3 Å². The first kappa shape index (κ1) is 14.1. The maximum Gasteiger partial charge on any atom is 0.223 e. The lowest BCUT2D eigenvalue weighted by Gasteiger charge is -2.32. The molecule has 0 atom stereocenters. The predicted molar refractivity (Wildman–Crippen MR) is 80.3 cm³/mol. The Hall–Kier alpha value is -1.86. The summed E-state index contributed by atoms with van der Waals surface area (Å²) in [6.07, 6.45) is 4.22. The molecule has 2 fully saturated rings. The smallest absolute Gasteiger partial charge is 0.223 e. The third-order valence-electron chi connectivity index (χ3n) is 4.37. The molecule has 4 heteroatoms. The number of piperidine rings is 1. The minimum atomic E-state index is 0.264. The van der Waals surface area contributed by atoms with Crippen LogP contribution in [-0.4, -0.2) is 29.9 Å². The number of nitrogens with one attached hydrogen (secondary N) is 1. The summed E-state index contributed by atoms with van der Waals surface area (Å²) in [5, 5.41) is 12.0. The Balaban J connectivity index is 1.44. The molecule has 0 radical (unpaired) electrons. The van der Waals surface area contributed by atoms with Gasteiger partial charge in [-0.1, -0.05) is 12.1 Å². The van der Waals surface area contributed by atoms with E-state index in [9.17, 15) is 4.79 Å². The van der Waals surface area contributed by atoms with Gasteiger partial charge in [0.1, 0.15) is 0 Å². The second-order valence-electron chi connectivity index (χ2n) is 6.14. The number of benzene rings is 1. The van der Waals surface area contributed by atoms with Gasteiger partial charge in [0.25, 0.3) is 0 Å². The van der Waals surface area contributed by atoms with E-state index in [1.165, 1.54) is 5.56 Å². The Kier molecular flexibility index (Phi) is 4.21. The second-order valence-corrected chi connectivity index (χ2v) is 6.14. The first-order valence-electron chi connectivity index (χ1n) is 7.76. The molecule has 1 aliphatic heterocycles. The van der Waals surface area contributed by atoms with Gasteiger partial charge in [0.15, 0.2) is 0 Å². The van der Waals surface area contributed by atoms with Gasteiger partial charge in [-0.05, 0) is 43.4 Å². The fourth-order valence-corrected chi connectivity index (χ4v) is 2.84. The number of carbonyl (C=O) groups excluding carboxylic acids is 1. The van der Waals surface area contributed by atoms with Gasteiger partial charge >= 0.3 is 0 Å². The summed E-state index contributed by atoms with van der Waals surface area (Å²) in [7, 11) is 0. The van der Waals surface area contributed by atoms with Crippen molar-refractivity contribution in [1.82, 2.24) is 10.2 Å². The lowest BCUT2D eigenvalue weighted by Crippen LogP contribution is -2.44. The highest BCUT2D eigenvalue weighted by Gasteiger charge is 2.31. The fraction of sp³-hybridized carbons (Fsp3) is 0.529. The van der Waals surface area contributed by atoms with E-state index < -0.39 is 0 Å². The van der Waals surface area contributed by atoms with Gasteiger partial charge in [-0.25, -0.2) is 0 Å². The molecular formula is C17H21N3O. The lowest BCUT2D eigenvalue weighted by molar-refractivity contribution is -0.123. The maximum atomic E-state index is 11.8. The molecule has 0 aromatic heterocycles. The number of hydrogen-bond donors (Lipinski definition) is 1. The molecule has 1 aromatic rings. The van der Waals surface area contributed by atoms with Crippen molar-refractivity contribution in [3.05, 3.63) is 35.4 Å². The van der Waals surface area contributed by atoms with Crippen LogP contribution in [0.1, 0.15) is 36.8 Å². The summed E-state index contributed by atoms with van der Waals surface area (Å²) in [5.74, 6) is 0.572. The van der Waals surface area contributed by atoms with Gasteiger partial charge in [0.05, 0.1) is 11.6 Å². The fourth-order valence-electron chi connectivity index (χ4n) is 2.84. The van der Waals surface area contributed by atoms with Crippen LogP contribution in [0.3, 0.4) is 0 Å². The molecule has 1 saturated carbocycles. The zero-order valence-corrected chi connectivity index (χ0v) is 12.2. The van der Waals surface area contributed by atoms with E-state index in [1.54, 1.807) is 0 Å². The summed E-state index contributed by atoms with van der Waals surface area (Å²) < 4.78 is 0. The highest BCUT2D eigenvalue weighted by atomic mass is 16.2. The summed E-state index contributed by atoms with van der Waals surface area (Å²) in [5.41, 5.74) is 1.95. The van der Waals surface area contributed by atoms with Gasteiger partial charge in [-0.3, -0.25) is 9.69 Å². The van der Waals surface area contributed by atoms with Crippen LogP contribution in [0.25, 0.3) is 0 Å². The highest BCUT2D eigenvalue weighted by Crippen LogP contribution is 2.29. The number of hydrogen-bond acceptors (Lipinski definition) is 3. The highest BCUT2D eigenvalue weighted by molar-refractivity contribution is 5.81. The van der Waals surface area contributed by atoms with Crippen molar-refractivity contribution >= 4 is 5.91 Å². The number of amides is 1. The SMILES string of the molecule is N#Cc1ccc(CN2CCC(NC(=O)C3CC3)CC2)cc1. The Labute approximate surface area is 125 Å². The minimum Gasteiger partial charge on any atom is -0.353 e. The molecule has 0 unspecified atom stereocenters. The molecule has 21 heavy (non-hydrogen) atoms. The quantitative estimate of drug-likeness (QED) is 0.920. The van der Waals surface area contributed by atoms with Crippen molar-refractivity contribution < 1.29 is 4.79 Å². The second kappa shape index (κ2) is 6.28. The van der Waals surface area contributed by atoms with Gasteiger partial charge in [0.2, 0.25) is 5.91 Å². The molecule has 3 rings (SSSR count). The molecule has 1 aromatic carbocycles. The van der Waals surface area contributed by atoms with Crippen LogP contribution in [0.15, 0.2) is 24.3 Å². The average molecular weight is 283 g/mol. The van der Waals surface area contributed by atoms with Crippen molar-refractivity contribution in [2.24, 2.45) is 5.92 Å². The largest absolute Gasteiger partial charge is 0.353 e. The maximum absolute atomic E-state index is 11.8. The molecule has 4 nitrogen and oxygen atoms in total. The van der Waals surface area contributed by atoms with Crippen molar-refractivity contribution in [1.29, 1.82) is 5.26 Å². The van der Waals surface area contributed by atoms with Crippen LogP contribution in [0.2, 0.25) is 0 Å². The molecule has 1 amide bonds. The number of nitriles is 1. The van der Waals surface area contributed by atoms with Gasteiger partial charge in [-0.15, -0.1) is 0 Å². The standard InChI is InChI=1S/C17H21N3O/c18-11-13-1-3-14(4-2-13)12-20-9-7-16(8-10-20)19-17(21)15-5-6-15/h1-4,15-16H,5-10,12H2,(H,19,21). The van der Waals surface area contributed by atoms with E-state index in [2.05, 4.69) is 16.3 Å². The van der Waals surface area contributed by atoms with Crippen LogP contribution in [0.4, 0.5) is 0 Å².